The molecule has 5 rings (SSSR count). The number of para-hydroxylation sites is 1. The molecule has 9 heteroatoms. The van der Waals surface area contributed by atoms with E-state index in [1.807, 2.05) is 54.7 Å². The molecule has 4 aromatic rings. The van der Waals surface area contributed by atoms with Crippen molar-refractivity contribution in [2.24, 2.45) is 0 Å². The summed E-state index contributed by atoms with van der Waals surface area (Å²) in [4.78, 5) is 24.1. The summed E-state index contributed by atoms with van der Waals surface area (Å²) >= 11 is 1.57. The summed E-state index contributed by atoms with van der Waals surface area (Å²) in [6.45, 7) is 3.70. The summed E-state index contributed by atoms with van der Waals surface area (Å²) in [5.41, 5.74) is 2.06. The maximum atomic E-state index is 4.70. The van der Waals surface area contributed by atoms with Gasteiger partial charge in [-0.3, -0.25) is 5.32 Å². The molecule has 3 heterocycles. The van der Waals surface area contributed by atoms with Crippen LogP contribution in [0.2, 0.25) is 0 Å². The first-order chi connectivity index (χ1) is 15.7. The molecule has 32 heavy (non-hydrogen) atoms. The van der Waals surface area contributed by atoms with Gasteiger partial charge in [0.05, 0.1) is 4.88 Å². The number of rotatable bonds is 6. The number of hydrogen-bond acceptors (Lipinski definition) is 9. The molecule has 1 saturated heterocycles. The first-order valence-corrected chi connectivity index (χ1v) is 11.3. The number of hydrogen-bond donors (Lipinski definition) is 2. The molecule has 0 aliphatic carbocycles. The molecular formula is C23H24N8S. The molecule has 0 radical (unpaired) electrons. The largest absolute Gasteiger partial charge is 0.338 e. The minimum atomic E-state index is 0.473. The van der Waals surface area contributed by atoms with Gasteiger partial charge in [0.1, 0.15) is 0 Å². The maximum absolute atomic E-state index is 4.70. The van der Waals surface area contributed by atoms with Crippen molar-refractivity contribution in [3.05, 3.63) is 66.9 Å². The first-order valence-electron chi connectivity index (χ1n) is 10.5. The normalized spacial score (nSPS) is 14.3. The molecule has 0 bridgehead atoms. The van der Waals surface area contributed by atoms with Gasteiger partial charge in [-0.15, -0.1) is 0 Å². The van der Waals surface area contributed by atoms with Gasteiger partial charge in [-0.25, -0.2) is 4.98 Å². The number of piperazine rings is 1. The molecule has 0 spiro atoms. The van der Waals surface area contributed by atoms with Crippen molar-refractivity contribution in [3.8, 4) is 10.4 Å². The zero-order valence-corrected chi connectivity index (χ0v) is 18.6. The highest BCUT2D eigenvalue weighted by Crippen LogP contribution is 2.30. The number of likely N-dealkylation sites (N-methyl/N-ethyl adjacent to an activating group) is 1. The van der Waals surface area contributed by atoms with Gasteiger partial charge >= 0.3 is 0 Å². The van der Waals surface area contributed by atoms with Crippen molar-refractivity contribution >= 4 is 40.0 Å². The summed E-state index contributed by atoms with van der Waals surface area (Å²) in [7, 11) is 2.13. The third-order valence-electron chi connectivity index (χ3n) is 5.22. The lowest BCUT2D eigenvalue weighted by Crippen LogP contribution is -2.45. The molecule has 0 unspecified atom stereocenters. The Balaban J connectivity index is 1.42. The fourth-order valence-corrected chi connectivity index (χ4v) is 4.25. The van der Waals surface area contributed by atoms with Crippen LogP contribution in [-0.4, -0.2) is 58.1 Å². The quantitative estimate of drug-likeness (QED) is 0.457. The summed E-state index contributed by atoms with van der Waals surface area (Å²) in [6, 6.07) is 20.1. The number of nitrogens with zero attached hydrogens (tertiary/aromatic N) is 6. The Morgan fingerprint density at radius 2 is 1.44 bits per heavy atom. The highest BCUT2D eigenvalue weighted by molar-refractivity contribution is 7.18. The fourth-order valence-electron chi connectivity index (χ4n) is 3.44. The van der Waals surface area contributed by atoms with Crippen molar-refractivity contribution in [3.63, 3.8) is 0 Å². The van der Waals surface area contributed by atoms with Gasteiger partial charge in [0.15, 0.2) is 5.13 Å². The van der Waals surface area contributed by atoms with Crippen LogP contribution in [0.3, 0.4) is 0 Å². The third kappa shape index (κ3) is 4.84. The zero-order chi connectivity index (χ0) is 21.8. The van der Waals surface area contributed by atoms with E-state index in [0.29, 0.717) is 17.8 Å². The lowest BCUT2D eigenvalue weighted by molar-refractivity contribution is 0.311. The van der Waals surface area contributed by atoms with E-state index in [1.165, 1.54) is 0 Å². The molecule has 0 saturated carbocycles. The van der Waals surface area contributed by atoms with Gasteiger partial charge in [-0.05, 0) is 24.7 Å². The van der Waals surface area contributed by atoms with Crippen LogP contribution < -0.4 is 15.5 Å². The average molecular weight is 445 g/mol. The van der Waals surface area contributed by atoms with Crippen molar-refractivity contribution in [2.45, 2.75) is 0 Å². The van der Waals surface area contributed by atoms with Crippen LogP contribution in [0.15, 0.2) is 66.9 Å². The van der Waals surface area contributed by atoms with E-state index in [1.54, 1.807) is 11.3 Å². The van der Waals surface area contributed by atoms with E-state index in [0.717, 1.165) is 47.4 Å². The molecule has 1 aliphatic rings. The van der Waals surface area contributed by atoms with Crippen molar-refractivity contribution in [1.82, 2.24) is 24.8 Å². The number of nitrogens with one attached hydrogen (secondary N) is 2. The molecule has 8 nitrogen and oxygen atoms in total. The van der Waals surface area contributed by atoms with Crippen LogP contribution in [0.1, 0.15) is 0 Å². The molecule has 2 aromatic heterocycles. The van der Waals surface area contributed by atoms with Gasteiger partial charge in [-0.2, -0.15) is 15.0 Å². The topological polar surface area (TPSA) is 82.1 Å². The number of aromatic nitrogens is 4. The SMILES string of the molecule is CN1CCN(c2nc(Nc3ccccc3)nc(Nc3ncc(-c4ccccc4)s3)n2)CC1. The summed E-state index contributed by atoms with van der Waals surface area (Å²) in [5, 5.41) is 7.31. The molecular weight excluding hydrogens is 420 g/mol. The van der Waals surface area contributed by atoms with Crippen LogP contribution in [0.5, 0.6) is 0 Å². The van der Waals surface area contributed by atoms with Gasteiger partial charge in [0.25, 0.3) is 0 Å². The second-order valence-electron chi connectivity index (χ2n) is 7.58. The predicted octanol–water partition coefficient (Wildman–Crippen LogP) is 4.23. The lowest BCUT2D eigenvalue weighted by atomic mass is 10.2. The van der Waals surface area contributed by atoms with E-state index in [2.05, 4.69) is 54.6 Å². The summed E-state index contributed by atoms with van der Waals surface area (Å²) in [5.74, 6) is 1.64. The average Bonchev–Trinajstić information content (AvgIpc) is 3.29. The summed E-state index contributed by atoms with van der Waals surface area (Å²) in [6.07, 6.45) is 1.87. The molecule has 1 aliphatic heterocycles. The first kappa shape index (κ1) is 20.3. The highest BCUT2D eigenvalue weighted by atomic mass is 32.1. The molecule has 0 amide bonds. The van der Waals surface area contributed by atoms with Gasteiger partial charge in [0, 0.05) is 38.1 Å². The molecule has 1 fully saturated rings. The Hall–Kier alpha value is -3.56. The Bertz CT molecular complexity index is 1160. The van der Waals surface area contributed by atoms with E-state index in [-0.39, 0.29) is 0 Å². The van der Waals surface area contributed by atoms with Crippen LogP contribution in [0.4, 0.5) is 28.7 Å². The van der Waals surface area contributed by atoms with Gasteiger partial charge in [-0.1, -0.05) is 59.9 Å². The van der Waals surface area contributed by atoms with Gasteiger partial charge < -0.3 is 15.1 Å². The highest BCUT2D eigenvalue weighted by Gasteiger charge is 2.19. The van der Waals surface area contributed by atoms with Gasteiger partial charge in [0.2, 0.25) is 17.8 Å². The van der Waals surface area contributed by atoms with E-state index in [4.69, 9.17) is 4.98 Å². The second-order valence-corrected chi connectivity index (χ2v) is 8.62. The summed E-state index contributed by atoms with van der Waals surface area (Å²) < 4.78 is 0. The molecule has 2 N–H and O–H groups in total. The Kier molecular flexibility index (Phi) is 5.91. The van der Waals surface area contributed by atoms with Crippen molar-refractivity contribution in [1.29, 1.82) is 0 Å². The standard InChI is InChI=1S/C23H24N8S/c1-30-12-14-31(15-13-30)22-27-20(25-18-10-6-3-7-11-18)26-21(28-22)29-23-24-16-19(32-23)17-8-4-2-5-9-17/h2-11,16H,12-15H2,1H3,(H2,24,25,26,27,28,29). The Labute approximate surface area is 191 Å². The molecule has 0 atom stereocenters. The molecule has 162 valence electrons. The van der Waals surface area contributed by atoms with E-state index < -0.39 is 0 Å². The zero-order valence-electron chi connectivity index (χ0n) is 17.8. The maximum Gasteiger partial charge on any atom is 0.235 e. The van der Waals surface area contributed by atoms with E-state index in [9.17, 15) is 0 Å². The smallest absolute Gasteiger partial charge is 0.235 e. The number of benzene rings is 2. The van der Waals surface area contributed by atoms with Crippen LogP contribution >= 0.6 is 11.3 Å². The fraction of sp³-hybridized carbons (Fsp3) is 0.217. The number of thiazole rings is 1. The van der Waals surface area contributed by atoms with Crippen LogP contribution in [0, 0.1) is 0 Å². The van der Waals surface area contributed by atoms with Crippen molar-refractivity contribution in [2.75, 3.05) is 48.8 Å². The van der Waals surface area contributed by atoms with Crippen LogP contribution in [-0.2, 0) is 0 Å². The third-order valence-corrected chi connectivity index (χ3v) is 6.18. The molecule has 2 aromatic carbocycles. The van der Waals surface area contributed by atoms with Crippen molar-refractivity contribution < 1.29 is 0 Å². The minimum absolute atomic E-state index is 0.473. The van der Waals surface area contributed by atoms with Crippen LogP contribution in [0.25, 0.3) is 10.4 Å². The minimum Gasteiger partial charge on any atom is -0.338 e. The predicted molar refractivity (Wildman–Crippen MR) is 130 cm³/mol. The monoisotopic (exact) mass is 444 g/mol. The second kappa shape index (κ2) is 9.29. The Morgan fingerprint density at radius 3 is 2.16 bits per heavy atom. The Morgan fingerprint density at radius 1 is 0.781 bits per heavy atom. The lowest BCUT2D eigenvalue weighted by Gasteiger charge is -2.32. The van der Waals surface area contributed by atoms with E-state index >= 15 is 0 Å². The number of anilines is 5.